The van der Waals surface area contributed by atoms with Crippen molar-refractivity contribution >= 4 is 11.6 Å². The first-order valence-electron chi connectivity index (χ1n) is 5.46. The van der Waals surface area contributed by atoms with Crippen LogP contribution in [0.1, 0.15) is 18.2 Å². The Kier molecular flexibility index (Phi) is 3.10. The maximum absolute atomic E-state index is 10.6. The number of carbonyl (C=O) groups is 1. The summed E-state index contributed by atoms with van der Waals surface area (Å²) in [6.45, 7) is 4.08. The van der Waals surface area contributed by atoms with Crippen molar-refractivity contribution in [3.8, 4) is 0 Å². The highest BCUT2D eigenvalue weighted by atomic mass is 16.4. The maximum Gasteiger partial charge on any atom is 0.320 e. The second-order valence-electron chi connectivity index (χ2n) is 4.14. The molecule has 5 nitrogen and oxygen atoms in total. The number of carboxylic acid groups (broad SMARTS) is 1. The summed E-state index contributed by atoms with van der Waals surface area (Å²) in [6, 6.07) is 3.38. The largest absolute Gasteiger partial charge is 0.480 e. The van der Waals surface area contributed by atoms with Gasteiger partial charge in [-0.2, -0.15) is 0 Å². The molecule has 0 fully saturated rings. The number of carboxylic acids is 1. The molecule has 0 aliphatic carbocycles. The predicted molar refractivity (Wildman–Crippen MR) is 63.9 cm³/mol. The van der Waals surface area contributed by atoms with Gasteiger partial charge in [-0.15, -0.1) is 0 Å². The summed E-state index contributed by atoms with van der Waals surface area (Å²) in [6.07, 6.45) is 3.90. The van der Waals surface area contributed by atoms with Crippen molar-refractivity contribution in [3.05, 3.63) is 35.8 Å². The second-order valence-corrected chi connectivity index (χ2v) is 4.14. The molecule has 1 atom stereocenters. The monoisotopic (exact) mass is 233 g/mol. The Morgan fingerprint density at radius 2 is 2.29 bits per heavy atom. The Balaban J connectivity index is 2.12. The average Bonchev–Trinajstić information content (AvgIpc) is 2.67. The van der Waals surface area contributed by atoms with E-state index in [-0.39, 0.29) is 0 Å². The number of aryl methyl sites for hydroxylation is 1. The van der Waals surface area contributed by atoms with Crippen LogP contribution < -0.4 is 5.32 Å². The lowest BCUT2D eigenvalue weighted by molar-refractivity contribution is -0.139. The number of rotatable bonds is 4. The topological polar surface area (TPSA) is 66.6 Å². The molecular weight excluding hydrogens is 218 g/mol. The van der Waals surface area contributed by atoms with E-state index in [1.54, 1.807) is 6.92 Å². The van der Waals surface area contributed by atoms with Crippen molar-refractivity contribution in [2.75, 3.05) is 0 Å². The number of hydrogen-bond acceptors (Lipinski definition) is 3. The molecule has 0 saturated carbocycles. The fourth-order valence-corrected chi connectivity index (χ4v) is 1.59. The van der Waals surface area contributed by atoms with Gasteiger partial charge in [0.1, 0.15) is 11.7 Å². The average molecular weight is 233 g/mol. The van der Waals surface area contributed by atoms with Gasteiger partial charge < -0.3 is 9.51 Å². The SMILES string of the molecule is Cc1ccc2nc(CNC(C)C(=O)O)cn2c1. The first kappa shape index (κ1) is 11.6. The molecule has 0 bridgehead atoms. The molecular formula is C12H15N3O2. The van der Waals surface area contributed by atoms with Gasteiger partial charge in [0.2, 0.25) is 0 Å². The summed E-state index contributed by atoms with van der Waals surface area (Å²) in [5.41, 5.74) is 2.87. The van der Waals surface area contributed by atoms with Crippen molar-refractivity contribution in [2.24, 2.45) is 0 Å². The van der Waals surface area contributed by atoms with Gasteiger partial charge in [0.05, 0.1) is 5.69 Å². The molecule has 5 heteroatoms. The molecule has 2 N–H and O–H groups in total. The summed E-state index contributed by atoms with van der Waals surface area (Å²) in [7, 11) is 0. The van der Waals surface area contributed by atoms with Crippen molar-refractivity contribution < 1.29 is 9.90 Å². The highest BCUT2D eigenvalue weighted by Crippen LogP contribution is 2.07. The zero-order chi connectivity index (χ0) is 12.4. The summed E-state index contributed by atoms with van der Waals surface area (Å²) >= 11 is 0. The van der Waals surface area contributed by atoms with Crippen LogP contribution in [-0.2, 0) is 11.3 Å². The molecule has 90 valence electrons. The number of nitrogens with zero attached hydrogens (tertiary/aromatic N) is 2. The van der Waals surface area contributed by atoms with Crippen LogP contribution in [-0.4, -0.2) is 26.5 Å². The lowest BCUT2D eigenvalue weighted by Crippen LogP contribution is -2.33. The molecule has 2 heterocycles. The van der Waals surface area contributed by atoms with E-state index in [4.69, 9.17) is 5.11 Å². The lowest BCUT2D eigenvalue weighted by atomic mass is 10.3. The van der Waals surface area contributed by atoms with Crippen LogP contribution in [0.5, 0.6) is 0 Å². The molecule has 0 aromatic carbocycles. The summed E-state index contributed by atoms with van der Waals surface area (Å²) < 4.78 is 1.94. The third kappa shape index (κ3) is 2.62. The third-order valence-electron chi connectivity index (χ3n) is 2.61. The van der Waals surface area contributed by atoms with E-state index >= 15 is 0 Å². The van der Waals surface area contributed by atoms with Gasteiger partial charge in [0.15, 0.2) is 0 Å². The Hall–Kier alpha value is -1.88. The number of pyridine rings is 1. The minimum atomic E-state index is -0.857. The van der Waals surface area contributed by atoms with Crippen molar-refractivity contribution in [1.29, 1.82) is 0 Å². The third-order valence-corrected chi connectivity index (χ3v) is 2.61. The number of aliphatic carboxylic acids is 1. The lowest BCUT2D eigenvalue weighted by Gasteiger charge is -2.06. The van der Waals surface area contributed by atoms with E-state index in [9.17, 15) is 4.79 Å². The van der Waals surface area contributed by atoms with Gasteiger partial charge in [0, 0.05) is 18.9 Å². The zero-order valence-corrected chi connectivity index (χ0v) is 9.84. The molecule has 0 aliphatic heterocycles. The maximum atomic E-state index is 10.6. The van der Waals surface area contributed by atoms with Crippen molar-refractivity contribution in [2.45, 2.75) is 26.4 Å². The molecule has 0 amide bonds. The minimum absolute atomic E-state index is 0.453. The van der Waals surface area contributed by atoms with Crippen molar-refractivity contribution in [3.63, 3.8) is 0 Å². The van der Waals surface area contributed by atoms with Crippen LogP contribution in [0.25, 0.3) is 5.65 Å². The zero-order valence-electron chi connectivity index (χ0n) is 9.84. The van der Waals surface area contributed by atoms with E-state index in [2.05, 4.69) is 10.3 Å². The summed E-state index contributed by atoms with van der Waals surface area (Å²) in [4.78, 5) is 15.0. The van der Waals surface area contributed by atoms with Crippen LogP contribution in [0.15, 0.2) is 24.5 Å². The molecule has 2 aromatic heterocycles. The molecule has 2 aromatic rings. The molecule has 17 heavy (non-hydrogen) atoms. The minimum Gasteiger partial charge on any atom is -0.480 e. The van der Waals surface area contributed by atoms with Gasteiger partial charge in [-0.3, -0.25) is 10.1 Å². The van der Waals surface area contributed by atoms with Gasteiger partial charge >= 0.3 is 5.97 Å². The summed E-state index contributed by atoms with van der Waals surface area (Å²) in [5.74, 6) is -0.857. The quantitative estimate of drug-likeness (QED) is 0.833. The number of hydrogen-bond donors (Lipinski definition) is 2. The van der Waals surface area contributed by atoms with E-state index in [0.29, 0.717) is 6.54 Å². The van der Waals surface area contributed by atoms with E-state index in [1.807, 2.05) is 35.9 Å². The van der Waals surface area contributed by atoms with Gasteiger partial charge in [-0.05, 0) is 25.5 Å². The van der Waals surface area contributed by atoms with Crippen molar-refractivity contribution in [1.82, 2.24) is 14.7 Å². The molecule has 2 rings (SSSR count). The van der Waals surface area contributed by atoms with Crippen LogP contribution >= 0.6 is 0 Å². The smallest absolute Gasteiger partial charge is 0.320 e. The van der Waals surface area contributed by atoms with E-state index < -0.39 is 12.0 Å². The van der Waals surface area contributed by atoms with Gasteiger partial charge in [-0.25, -0.2) is 4.98 Å². The fraction of sp³-hybridized carbons (Fsp3) is 0.333. The van der Waals surface area contributed by atoms with Crippen LogP contribution in [0, 0.1) is 6.92 Å². The van der Waals surface area contributed by atoms with Gasteiger partial charge in [-0.1, -0.05) is 6.07 Å². The second kappa shape index (κ2) is 4.55. The number of nitrogens with one attached hydrogen (secondary N) is 1. The number of imidazole rings is 1. The van der Waals surface area contributed by atoms with E-state index in [0.717, 1.165) is 16.9 Å². The number of fused-ring (bicyclic) bond motifs is 1. The first-order chi connectivity index (χ1) is 8.06. The van der Waals surface area contributed by atoms with Crippen LogP contribution in [0.3, 0.4) is 0 Å². The fourth-order valence-electron chi connectivity index (χ4n) is 1.59. The molecule has 0 spiro atoms. The molecule has 0 aliphatic rings. The standard InChI is InChI=1S/C12H15N3O2/c1-8-3-4-11-14-10(7-15(11)6-8)5-13-9(2)12(16)17/h3-4,6-7,9,13H,5H2,1-2H3,(H,16,17). The Morgan fingerprint density at radius 1 is 1.53 bits per heavy atom. The van der Waals surface area contributed by atoms with Crippen LogP contribution in [0.4, 0.5) is 0 Å². The highest BCUT2D eigenvalue weighted by Gasteiger charge is 2.10. The highest BCUT2D eigenvalue weighted by molar-refractivity contribution is 5.72. The summed E-state index contributed by atoms with van der Waals surface area (Å²) in [5, 5.41) is 11.6. The normalized spacial score (nSPS) is 12.8. The predicted octanol–water partition coefficient (Wildman–Crippen LogP) is 1.21. The molecule has 0 saturated heterocycles. The number of aromatic nitrogens is 2. The van der Waals surface area contributed by atoms with Gasteiger partial charge in [0.25, 0.3) is 0 Å². The van der Waals surface area contributed by atoms with Crippen LogP contribution in [0.2, 0.25) is 0 Å². The first-order valence-corrected chi connectivity index (χ1v) is 5.46. The molecule has 0 radical (unpaired) electrons. The Bertz CT molecular complexity index is 548. The molecule has 1 unspecified atom stereocenters. The Morgan fingerprint density at radius 3 is 3.00 bits per heavy atom. The van der Waals surface area contributed by atoms with E-state index in [1.165, 1.54) is 0 Å². The Labute approximate surface area is 99.1 Å².